The van der Waals surface area contributed by atoms with Gasteiger partial charge in [-0.2, -0.15) is 0 Å². The van der Waals surface area contributed by atoms with E-state index in [9.17, 15) is 4.79 Å². The van der Waals surface area contributed by atoms with E-state index in [0.29, 0.717) is 11.6 Å². The van der Waals surface area contributed by atoms with Gasteiger partial charge in [-0.15, -0.1) is 0 Å². The van der Waals surface area contributed by atoms with Crippen LogP contribution in [0.15, 0.2) is 34.9 Å². The zero-order chi connectivity index (χ0) is 15.5. The molecule has 1 N–H and O–H groups in total. The zero-order valence-corrected chi connectivity index (χ0v) is 13.9. The van der Waals surface area contributed by atoms with Crippen molar-refractivity contribution in [3.63, 3.8) is 0 Å². The summed E-state index contributed by atoms with van der Waals surface area (Å²) in [6.07, 6.45) is 3.94. The van der Waals surface area contributed by atoms with Crippen molar-refractivity contribution in [1.29, 1.82) is 0 Å². The summed E-state index contributed by atoms with van der Waals surface area (Å²) in [5.41, 5.74) is 2.17. The summed E-state index contributed by atoms with van der Waals surface area (Å²) in [4.78, 5) is 23.2. The summed E-state index contributed by atoms with van der Waals surface area (Å²) in [6.45, 7) is 3.86. The summed E-state index contributed by atoms with van der Waals surface area (Å²) in [5.74, 6) is 0.422. The molecule has 1 amide bonds. The Bertz CT molecular complexity index is 698. The molecule has 1 aromatic carbocycles. The summed E-state index contributed by atoms with van der Waals surface area (Å²) < 4.78 is 0.987. The standard InChI is InChI=1S/C16H17BrN4O/c1-11-10-12(17)4-5-13(11)19-15(22)14-6-7-18-16(20-14)21-8-2-3-9-21/h4-7,10H,2-3,8-9H2,1H3,(H,19,22). The van der Waals surface area contributed by atoms with Gasteiger partial charge in [-0.05, 0) is 49.6 Å². The number of anilines is 2. The third-order valence-corrected chi connectivity index (χ3v) is 4.19. The number of aromatic nitrogens is 2. The molecule has 1 fully saturated rings. The molecule has 5 nitrogen and oxygen atoms in total. The fourth-order valence-corrected chi connectivity index (χ4v) is 2.97. The van der Waals surface area contributed by atoms with Gasteiger partial charge in [0.15, 0.2) is 0 Å². The Balaban J connectivity index is 1.78. The van der Waals surface area contributed by atoms with Gasteiger partial charge in [0.05, 0.1) is 0 Å². The maximum absolute atomic E-state index is 12.4. The predicted octanol–water partition coefficient (Wildman–Crippen LogP) is 3.40. The molecule has 0 unspecified atom stereocenters. The highest BCUT2D eigenvalue weighted by Crippen LogP contribution is 2.21. The van der Waals surface area contributed by atoms with Crippen molar-refractivity contribution in [3.05, 3.63) is 46.2 Å². The van der Waals surface area contributed by atoms with Gasteiger partial charge >= 0.3 is 0 Å². The SMILES string of the molecule is Cc1cc(Br)ccc1NC(=O)c1ccnc(N2CCCC2)n1. The Morgan fingerprint density at radius 1 is 1.27 bits per heavy atom. The Kier molecular flexibility index (Phi) is 4.38. The summed E-state index contributed by atoms with van der Waals surface area (Å²) in [7, 11) is 0. The number of amides is 1. The first-order chi connectivity index (χ1) is 10.6. The highest BCUT2D eigenvalue weighted by molar-refractivity contribution is 9.10. The van der Waals surface area contributed by atoms with Crippen LogP contribution < -0.4 is 10.2 Å². The van der Waals surface area contributed by atoms with Crippen LogP contribution >= 0.6 is 15.9 Å². The fraction of sp³-hybridized carbons (Fsp3) is 0.312. The summed E-state index contributed by atoms with van der Waals surface area (Å²) in [5, 5.41) is 2.90. The normalized spacial score (nSPS) is 14.2. The first kappa shape index (κ1) is 15.0. The van der Waals surface area contributed by atoms with Crippen LogP contribution in [0.1, 0.15) is 28.9 Å². The lowest BCUT2D eigenvalue weighted by molar-refractivity contribution is 0.102. The first-order valence-corrected chi connectivity index (χ1v) is 8.08. The number of nitrogens with zero attached hydrogens (tertiary/aromatic N) is 3. The molecule has 0 bridgehead atoms. The average molecular weight is 361 g/mol. The lowest BCUT2D eigenvalue weighted by atomic mass is 10.2. The van der Waals surface area contributed by atoms with Crippen LogP contribution in [0.4, 0.5) is 11.6 Å². The van der Waals surface area contributed by atoms with Crippen LogP contribution in [0, 0.1) is 6.92 Å². The quantitative estimate of drug-likeness (QED) is 0.911. The van der Waals surface area contributed by atoms with Crippen molar-refractivity contribution in [2.45, 2.75) is 19.8 Å². The number of carbonyl (C=O) groups is 1. The smallest absolute Gasteiger partial charge is 0.274 e. The third-order valence-electron chi connectivity index (χ3n) is 3.70. The number of hydrogen-bond donors (Lipinski definition) is 1. The van der Waals surface area contributed by atoms with Crippen LogP contribution in [0.5, 0.6) is 0 Å². The maximum atomic E-state index is 12.4. The third kappa shape index (κ3) is 3.27. The second kappa shape index (κ2) is 6.44. The van der Waals surface area contributed by atoms with Crippen LogP contribution in [-0.2, 0) is 0 Å². The minimum Gasteiger partial charge on any atom is -0.341 e. The molecule has 6 heteroatoms. The van der Waals surface area contributed by atoms with E-state index in [2.05, 4.69) is 36.1 Å². The van der Waals surface area contributed by atoms with Gasteiger partial charge in [-0.3, -0.25) is 4.79 Å². The lowest BCUT2D eigenvalue weighted by Crippen LogP contribution is -2.22. The highest BCUT2D eigenvalue weighted by atomic mass is 79.9. The Hall–Kier alpha value is -1.95. The molecule has 114 valence electrons. The highest BCUT2D eigenvalue weighted by Gasteiger charge is 2.17. The number of aryl methyl sites for hydroxylation is 1. The molecule has 22 heavy (non-hydrogen) atoms. The van der Waals surface area contributed by atoms with Crippen molar-refractivity contribution in [2.75, 3.05) is 23.3 Å². The van der Waals surface area contributed by atoms with Gasteiger partial charge in [0.1, 0.15) is 5.69 Å². The summed E-state index contributed by atoms with van der Waals surface area (Å²) >= 11 is 3.42. The van der Waals surface area contributed by atoms with E-state index >= 15 is 0 Å². The molecule has 2 heterocycles. The van der Waals surface area contributed by atoms with E-state index in [1.165, 1.54) is 0 Å². The van der Waals surface area contributed by atoms with E-state index in [-0.39, 0.29) is 5.91 Å². The second-order valence-electron chi connectivity index (χ2n) is 5.35. The summed E-state index contributed by atoms with van der Waals surface area (Å²) in [6, 6.07) is 7.38. The van der Waals surface area contributed by atoms with Gasteiger partial charge in [-0.1, -0.05) is 15.9 Å². The molecule has 0 saturated carbocycles. The zero-order valence-electron chi connectivity index (χ0n) is 12.3. The van der Waals surface area contributed by atoms with Gasteiger partial charge in [-0.25, -0.2) is 9.97 Å². The van der Waals surface area contributed by atoms with Crippen LogP contribution in [0.3, 0.4) is 0 Å². The molecule has 3 rings (SSSR count). The minimum absolute atomic E-state index is 0.215. The fourth-order valence-electron chi connectivity index (χ4n) is 2.50. The Labute approximate surface area is 137 Å². The topological polar surface area (TPSA) is 58.1 Å². The van der Waals surface area contributed by atoms with E-state index in [0.717, 1.165) is 41.7 Å². The molecule has 1 saturated heterocycles. The molecule has 0 radical (unpaired) electrons. The van der Waals surface area contributed by atoms with Gasteiger partial charge in [0.2, 0.25) is 5.95 Å². The van der Waals surface area contributed by atoms with Crippen LogP contribution in [0.25, 0.3) is 0 Å². The number of nitrogens with one attached hydrogen (secondary N) is 1. The molecule has 1 aromatic heterocycles. The Morgan fingerprint density at radius 2 is 2.05 bits per heavy atom. The van der Waals surface area contributed by atoms with Gasteiger partial charge in [0.25, 0.3) is 5.91 Å². The van der Waals surface area contributed by atoms with Gasteiger partial charge < -0.3 is 10.2 Å². The molecule has 1 aliphatic heterocycles. The van der Waals surface area contributed by atoms with Crippen molar-refractivity contribution in [2.24, 2.45) is 0 Å². The average Bonchev–Trinajstić information content (AvgIpc) is 3.04. The van der Waals surface area contributed by atoms with Crippen molar-refractivity contribution >= 4 is 33.5 Å². The molecule has 1 aliphatic rings. The van der Waals surface area contributed by atoms with Gasteiger partial charge in [0, 0.05) is 29.4 Å². The Morgan fingerprint density at radius 3 is 2.77 bits per heavy atom. The van der Waals surface area contributed by atoms with Crippen LogP contribution in [0.2, 0.25) is 0 Å². The molecule has 0 spiro atoms. The molecule has 2 aromatic rings. The van der Waals surface area contributed by atoms with E-state index in [4.69, 9.17) is 0 Å². The molecular weight excluding hydrogens is 344 g/mol. The number of rotatable bonds is 3. The predicted molar refractivity (Wildman–Crippen MR) is 90.3 cm³/mol. The molecule has 0 aliphatic carbocycles. The van der Waals surface area contributed by atoms with Crippen molar-refractivity contribution in [3.8, 4) is 0 Å². The number of benzene rings is 1. The van der Waals surface area contributed by atoms with E-state index < -0.39 is 0 Å². The molecule has 0 atom stereocenters. The number of hydrogen-bond acceptors (Lipinski definition) is 4. The van der Waals surface area contributed by atoms with E-state index in [1.54, 1.807) is 12.3 Å². The maximum Gasteiger partial charge on any atom is 0.274 e. The van der Waals surface area contributed by atoms with Crippen molar-refractivity contribution in [1.82, 2.24) is 9.97 Å². The van der Waals surface area contributed by atoms with E-state index in [1.807, 2.05) is 25.1 Å². The first-order valence-electron chi connectivity index (χ1n) is 7.29. The van der Waals surface area contributed by atoms with Crippen LogP contribution in [-0.4, -0.2) is 29.0 Å². The largest absolute Gasteiger partial charge is 0.341 e. The monoisotopic (exact) mass is 360 g/mol. The minimum atomic E-state index is -0.215. The number of carbonyl (C=O) groups excluding carboxylic acids is 1. The second-order valence-corrected chi connectivity index (χ2v) is 6.27. The van der Waals surface area contributed by atoms with Crippen molar-refractivity contribution < 1.29 is 4.79 Å². The molecular formula is C16H17BrN4O. The number of halogens is 1. The lowest BCUT2D eigenvalue weighted by Gasteiger charge is -2.15.